The molecule has 0 fully saturated rings. The number of hydrogen-bond donors (Lipinski definition) is 0. The molecule has 0 bridgehead atoms. The predicted octanol–water partition coefficient (Wildman–Crippen LogP) is 11.8. The second-order valence-corrected chi connectivity index (χ2v) is 11.1. The molecule has 0 spiro atoms. The lowest BCUT2D eigenvalue weighted by atomic mass is 9.98. The van der Waals surface area contributed by atoms with Crippen LogP contribution in [0.3, 0.4) is 0 Å². The number of para-hydroxylation sites is 2. The van der Waals surface area contributed by atoms with Gasteiger partial charge < -0.3 is 14.1 Å². The minimum Gasteiger partial charge on any atom is -0.457 e. The molecule has 0 saturated heterocycles. The topological polar surface area (TPSA) is 25.6 Å². The predicted molar refractivity (Wildman–Crippen MR) is 179 cm³/mol. The number of hydrogen-bond acceptors (Lipinski definition) is 3. The van der Waals surface area contributed by atoms with Crippen molar-refractivity contribution in [3.63, 3.8) is 0 Å². The standard InChI is InChI=1S/C40H29NO2/c1-26-12-10-19-34-39-35(20-11-21-38(39)43-40(26)34)41(29-22-23-37(27(2)24-29)42-30-14-4-3-5-15-30)36-25-28-13-6-7-16-31(28)32-17-8-9-18-33(32)36/h3-25H,1-2H3. The van der Waals surface area contributed by atoms with Gasteiger partial charge in [-0.1, -0.05) is 91.0 Å². The van der Waals surface area contributed by atoms with Crippen molar-refractivity contribution in [2.24, 2.45) is 0 Å². The van der Waals surface area contributed by atoms with E-state index in [9.17, 15) is 0 Å². The van der Waals surface area contributed by atoms with E-state index in [1.54, 1.807) is 0 Å². The molecule has 8 rings (SSSR count). The van der Waals surface area contributed by atoms with Crippen molar-refractivity contribution in [2.45, 2.75) is 13.8 Å². The number of aryl methyl sites for hydroxylation is 2. The summed E-state index contributed by atoms with van der Waals surface area (Å²) < 4.78 is 12.7. The van der Waals surface area contributed by atoms with Gasteiger partial charge in [0.05, 0.1) is 16.8 Å². The Kier molecular flexibility index (Phi) is 5.90. The van der Waals surface area contributed by atoms with Crippen LogP contribution in [0.25, 0.3) is 43.5 Å². The highest BCUT2D eigenvalue weighted by Gasteiger charge is 2.22. The molecule has 0 radical (unpaired) electrons. The minimum absolute atomic E-state index is 0.820. The number of nitrogens with zero attached hydrogens (tertiary/aromatic N) is 1. The molecule has 3 heteroatoms. The van der Waals surface area contributed by atoms with Crippen LogP contribution in [0.15, 0.2) is 144 Å². The molecule has 0 unspecified atom stereocenters. The Morgan fingerprint density at radius 1 is 0.535 bits per heavy atom. The zero-order chi connectivity index (χ0) is 28.9. The van der Waals surface area contributed by atoms with Gasteiger partial charge in [-0.25, -0.2) is 0 Å². The summed E-state index contributed by atoms with van der Waals surface area (Å²) >= 11 is 0. The number of rotatable bonds is 5. The number of ether oxygens (including phenoxy) is 1. The third kappa shape index (κ3) is 4.21. The van der Waals surface area contributed by atoms with Crippen molar-refractivity contribution < 1.29 is 9.15 Å². The van der Waals surface area contributed by atoms with Crippen molar-refractivity contribution in [1.82, 2.24) is 0 Å². The monoisotopic (exact) mass is 555 g/mol. The van der Waals surface area contributed by atoms with Crippen LogP contribution >= 0.6 is 0 Å². The van der Waals surface area contributed by atoms with Gasteiger partial charge in [-0.05, 0) is 89.7 Å². The molecular formula is C40H29NO2. The summed E-state index contributed by atoms with van der Waals surface area (Å²) in [7, 11) is 0. The second kappa shape index (κ2) is 10.1. The van der Waals surface area contributed by atoms with Crippen LogP contribution in [0.1, 0.15) is 11.1 Å². The summed E-state index contributed by atoms with van der Waals surface area (Å²) in [6.07, 6.45) is 0. The maximum absolute atomic E-state index is 6.47. The zero-order valence-electron chi connectivity index (χ0n) is 24.0. The van der Waals surface area contributed by atoms with Crippen LogP contribution < -0.4 is 9.64 Å². The normalized spacial score (nSPS) is 11.5. The highest BCUT2D eigenvalue weighted by atomic mass is 16.5. The fourth-order valence-corrected chi connectivity index (χ4v) is 6.29. The number of fused-ring (bicyclic) bond motifs is 6. The Morgan fingerprint density at radius 2 is 1.26 bits per heavy atom. The summed E-state index contributed by atoms with van der Waals surface area (Å²) in [5.41, 5.74) is 7.21. The largest absolute Gasteiger partial charge is 0.457 e. The van der Waals surface area contributed by atoms with E-state index < -0.39 is 0 Å². The summed E-state index contributed by atoms with van der Waals surface area (Å²) in [6, 6.07) is 48.7. The van der Waals surface area contributed by atoms with Crippen molar-refractivity contribution in [3.8, 4) is 11.5 Å². The Hall–Kier alpha value is -5.54. The first-order valence-electron chi connectivity index (χ1n) is 14.6. The Balaban J connectivity index is 1.42. The highest BCUT2D eigenvalue weighted by molar-refractivity contribution is 6.18. The van der Waals surface area contributed by atoms with E-state index in [1.165, 1.54) is 21.5 Å². The average Bonchev–Trinajstić information content (AvgIpc) is 3.44. The molecular weight excluding hydrogens is 526 g/mol. The Bertz CT molecular complexity index is 2300. The molecule has 8 aromatic rings. The van der Waals surface area contributed by atoms with Crippen LogP contribution in [0, 0.1) is 13.8 Å². The van der Waals surface area contributed by atoms with Crippen molar-refractivity contribution in [1.29, 1.82) is 0 Å². The maximum Gasteiger partial charge on any atom is 0.138 e. The molecule has 0 aliphatic rings. The number of benzene rings is 7. The van der Waals surface area contributed by atoms with Crippen LogP contribution in [0.2, 0.25) is 0 Å². The summed E-state index contributed by atoms with van der Waals surface area (Å²) in [4.78, 5) is 2.38. The van der Waals surface area contributed by atoms with Crippen molar-refractivity contribution >= 4 is 60.5 Å². The summed E-state index contributed by atoms with van der Waals surface area (Å²) in [6.45, 7) is 4.21. The van der Waals surface area contributed by atoms with Crippen LogP contribution in [-0.4, -0.2) is 0 Å². The molecule has 0 N–H and O–H groups in total. The van der Waals surface area contributed by atoms with Crippen LogP contribution in [0.4, 0.5) is 17.1 Å². The van der Waals surface area contributed by atoms with Gasteiger partial charge in [0.15, 0.2) is 0 Å². The van der Waals surface area contributed by atoms with E-state index in [1.807, 2.05) is 30.3 Å². The van der Waals surface area contributed by atoms with Gasteiger partial charge in [-0.3, -0.25) is 0 Å². The van der Waals surface area contributed by atoms with Gasteiger partial charge in [0, 0.05) is 16.5 Å². The van der Waals surface area contributed by atoms with Gasteiger partial charge in [-0.2, -0.15) is 0 Å². The molecule has 0 saturated carbocycles. The lowest BCUT2D eigenvalue weighted by Crippen LogP contribution is -2.11. The first-order chi connectivity index (χ1) is 21.2. The summed E-state index contributed by atoms with van der Waals surface area (Å²) in [5.74, 6) is 1.65. The van der Waals surface area contributed by atoms with Crippen LogP contribution in [-0.2, 0) is 0 Å². The molecule has 1 aromatic heterocycles. The quantitative estimate of drug-likeness (QED) is 0.198. The average molecular weight is 556 g/mol. The molecule has 0 aliphatic heterocycles. The smallest absolute Gasteiger partial charge is 0.138 e. The van der Waals surface area contributed by atoms with E-state index in [0.29, 0.717) is 0 Å². The first-order valence-corrected chi connectivity index (χ1v) is 14.6. The molecule has 3 nitrogen and oxygen atoms in total. The molecule has 1 heterocycles. The van der Waals surface area contributed by atoms with E-state index in [-0.39, 0.29) is 0 Å². The fourth-order valence-electron chi connectivity index (χ4n) is 6.29. The molecule has 0 amide bonds. The molecule has 0 aliphatic carbocycles. The number of furan rings is 1. The maximum atomic E-state index is 6.47. The van der Waals surface area contributed by atoms with E-state index in [2.05, 4.69) is 128 Å². The SMILES string of the molecule is Cc1cc(N(c2cc3ccccc3c3ccccc23)c2cccc3oc4c(C)cccc4c23)ccc1Oc1ccccc1. The highest BCUT2D eigenvalue weighted by Crippen LogP contribution is 2.47. The minimum atomic E-state index is 0.820. The Morgan fingerprint density at radius 3 is 2.09 bits per heavy atom. The zero-order valence-corrected chi connectivity index (χ0v) is 24.0. The first kappa shape index (κ1) is 25.2. The van der Waals surface area contributed by atoms with Crippen molar-refractivity contribution in [2.75, 3.05) is 4.90 Å². The van der Waals surface area contributed by atoms with Crippen LogP contribution in [0.5, 0.6) is 11.5 Å². The molecule has 0 atom stereocenters. The fraction of sp³-hybridized carbons (Fsp3) is 0.0500. The van der Waals surface area contributed by atoms with Gasteiger partial charge in [-0.15, -0.1) is 0 Å². The molecule has 43 heavy (non-hydrogen) atoms. The van der Waals surface area contributed by atoms with Crippen molar-refractivity contribution in [3.05, 3.63) is 151 Å². The van der Waals surface area contributed by atoms with E-state index in [4.69, 9.17) is 9.15 Å². The lowest BCUT2D eigenvalue weighted by molar-refractivity contribution is 0.479. The van der Waals surface area contributed by atoms with Gasteiger partial charge >= 0.3 is 0 Å². The van der Waals surface area contributed by atoms with E-state index in [0.717, 1.165) is 61.6 Å². The lowest BCUT2D eigenvalue weighted by Gasteiger charge is -2.29. The number of anilines is 3. The molecule has 206 valence electrons. The second-order valence-electron chi connectivity index (χ2n) is 11.1. The Labute approximate surface area is 250 Å². The molecule has 7 aromatic carbocycles. The van der Waals surface area contributed by atoms with Gasteiger partial charge in [0.1, 0.15) is 22.7 Å². The summed E-state index contributed by atoms with van der Waals surface area (Å²) in [5, 5.41) is 7.06. The van der Waals surface area contributed by atoms with Gasteiger partial charge in [0.25, 0.3) is 0 Å². The third-order valence-corrected chi connectivity index (χ3v) is 8.31. The van der Waals surface area contributed by atoms with Gasteiger partial charge in [0.2, 0.25) is 0 Å². The third-order valence-electron chi connectivity index (χ3n) is 8.31. The van der Waals surface area contributed by atoms with E-state index >= 15 is 0 Å².